The van der Waals surface area contributed by atoms with Gasteiger partial charge >= 0.3 is 0 Å². The van der Waals surface area contributed by atoms with Gasteiger partial charge in [-0.2, -0.15) is 0 Å². The maximum absolute atomic E-state index is 3.60. The van der Waals surface area contributed by atoms with Crippen molar-refractivity contribution in [1.29, 1.82) is 0 Å². The van der Waals surface area contributed by atoms with E-state index in [-0.39, 0.29) is 5.54 Å². The van der Waals surface area contributed by atoms with Gasteiger partial charge < -0.3 is 10.6 Å². The van der Waals surface area contributed by atoms with E-state index in [2.05, 4.69) is 31.4 Å². The van der Waals surface area contributed by atoms with E-state index >= 15 is 0 Å². The lowest BCUT2D eigenvalue weighted by atomic mass is 9.89. The summed E-state index contributed by atoms with van der Waals surface area (Å²) in [5, 5.41) is 7.12. The zero-order chi connectivity index (χ0) is 11.9. The van der Waals surface area contributed by atoms with Gasteiger partial charge in [-0.05, 0) is 65.6 Å². The van der Waals surface area contributed by atoms with E-state index in [1.807, 2.05) is 0 Å². The minimum Gasteiger partial charge on any atom is -0.316 e. The highest BCUT2D eigenvalue weighted by Crippen LogP contribution is 2.22. The molecule has 0 unspecified atom stereocenters. The molecule has 0 saturated heterocycles. The van der Waals surface area contributed by atoms with Crippen LogP contribution in [0, 0.1) is 5.92 Å². The van der Waals surface area contributed by atoms with Crippen LogP contribution in [0.1, 0.15) is 59.3 Å². The molecule has 2 nitrogen and oxygen atoms in total. The van der Waals surface area contributed by atoms with Crippen molar-refractivity contribution in [2.45, 2.75) is 64.8 Å². The van der Waals surface area contributed by atoms with Gasteiger partial charge in [0.05, 0.1) is 0 Å². The molecular formula is C14H30N2. The molecule has 2 N–H and O–H groups in total. The van der Waals surface area contributed by atoms with Crippen LogP contribution in [0.25, 0.3) is 0 Å². The third-order valence-corrected chi connectivity index (χ3v) is 3.34. The maximum atomic E-state index is 3.60. The summed E-state index contributed by atoms with van der Waals surface area (Å²) in [6.07, 6.45) is 8.52. The van der Waals surface area contributed by atoms with Crippen LogP contribution >= 0.6 is 0 Å². The fourth-order valence-corrected chi connectivity index (χ4v) is 2.37. The molecule has 0 aliphatic heterocycles. The normalized spacial score (nSPS) is 18.9. The van der Waals surface area contributed by atoms with Crippen LogP contribution in [0.3, 0.4) is 0 Å². The molecule has 0 heterocycles. The predicted molar refractivity (Wildman–Crippen MR) is 71.8 cm³/mol. The van der Waals surface area contributed by atoms with Gasteiger partial charge in [-0.3, -0.25) is 0 Å². The number of hydrogen-bond donors (Lipinski definition) is 2. The monoisotopic (exact) mass is 226 g/mol. The van der Waals surface area contributed by atoms with E-state index in [4.69, 9.17) is 0 Å². The second-order valence-electron chi connectivity index (χ2n) is 6.24. The second kappa shape index (κ2) is 7.29. The summed E-state index contributed by atoms with van der Waals surface area (Å²) < 4.78 is 0. The number of hydrogen-bond acceptors (Lipinski definition) is 2. The fourth-order valence-electron chi connectivity index (χ4n) is 2.37. The molecular weight excluding hydrogens is 196 g/mol. The third-order valence-electron chi connectivity index (χ3n) is 3.34. The summed E-state index contributed by atoms with van der Waals surface area (Å²) in [5.41, 5.74) is 0.267. The van der Waals surface area contributed by atoms with Gasteiger partial charge in [0.25, 0.3) is 0 Å². The summed E-state index contributed by atoms with van der Waals surface area (Å²) in [5.74, 6) is 0.962. The first-order valence-corrected chi connectivity index (χ1v) is 7.04. The highest BCUT2D eigenvalue weighted by Gasteiger charge is 2.12. The molecule has 0 spiro atoms. The Kier molecular flexibility index (Phi) is 6.37. The van der Waals surface area contributed by atoms with Crippen molar-refractivity contribution in [1.82, 2.24) is 10.6 Å². The number of rotatable bonds is 6. The van der Waals surface area contributed by atoms with E-state index in [0.29, 0.717) is 0 Å². The van der Waals surface area contributed by atoms with Crippen molar-refractivity contribution < 1.29 is 0 Å². The molecule has 0 amide bonds. The van der Waals surface area contributed by atoms with E-state index in [0.717, 1.165) is 12.5 Å². The maximum Gasteiger partial charge on any atom is 0.00965 e. The van der Waals surface area contributed by atoms with Crippen LogP contribution in [0.2, 0.25) is 0 Å². The van der Waals surface area contributed by atoms with Crippen LogP contribution in [-0.4, -0.2) is 25.2 Å². The third kappa shape index (κ3) is 7.24. The smallest absolute Gasteiger partial charge is 0.00965 e. The summed E-state index contributed by atoms with van der Waals surface area (Å²) >= 11 is 0. The van der Waals surface area contributed by atoms with Crippen LogP contribution in [0.15, 0.2) is 0 Å². The molecule has 0 bridgehead atoms. The van der Waals surface area contributed by atoms with Gasteiger partial charge in [-0.15, -0.1) is 0 Å². The van der Waals surface area contributed by atoms with E-state index < -0.39 is 0 Å². The summed E-state index contributed by atoms with van der Waals surface area (Å²) in [6, 6.07) is 0. The molecule has 1 aliphatic carbocycles. The summed E-state index contributed by atoms with van der Waals surface area (Å²) in [6.45, 7) is 10.2. The molecule has 0 atom stereocenters. The SMILES string of the molecule is CC(C)(C)NCCCNCC1CCCCC1. The van der Waals surface area contributed by atoms with Gasteiger partial charge in [0.2, 0.25) is 0 Å². The molecule has 0 aromatic heterocycles. The highest BCUT2D eigenvalue weighted by atomic mass is 14.9. The van der Waals surface area contributed by atoms with Gasteiger partial charge in [0.1, 0.15) is 0 Å². The standard InChI is InChI=1S/C14H30N2/c1-14(2,3)16-11-7-10-15-12-13-8-5-4-6-9-13/h13,15-16H,4-12H2,1-3H3. The van der Waals surface area contributed by atoms with E-state index in [1.165, 1.54) is 51.6 Å². The molecule has 16 heavy (non-hydrogen) atoms. The average Bonchev–Trinajstić information content (AvgIpc) is 2.23. The Bertz CT molecular complexity index is 166. The van der Waals surface area contributed by atoms with Crippen LogP contribution in [-0.2, 0) is 0 Å². The van der Waals surface area contributed by atoms with Crippen molar-refractivity contribution in [2.75, 3.05) is 19.6 Å². The van der Waals surface area contributed by atoms with Crippen LogP contribution < -0.4 is 10.6 Å². The van der Waals surface area contributed by atoms with Gasteiger partial charge in [0.15, 0.2) is 0 Å². The molecule has 0 aromatic carbocycles. The first-order chi connectivity index (χ1) is 7.58. The second-order valence-corrected chi connectivity index (χ2v) is 6.24. The molecule has 96 valence electrons. The van der Waals surface area contributed by atoms with Crippen molar-refractivity contribution in [3.8, 4) is 0 Å². The minimum absolute atomic E-state index is 0.267. The lowest BCUT2D eigenvalue weighted by Gasteiger charge is -2.22. The minimum atomic E-state index is 0.267. The Morgan fingerprint density at radius 2 is 1.69 bits per heavy atom. The molecule has 0 aromatic rings. The highest BCUT2D eigenvalue weighted by molar-refractivity contribution is 4.71. The zero-order valence-corrected chi connectivity index (χ0v) is 11.4. The topological polar surface area (TPSA) is 24.1 Å². The van der Waals surface area contributed by atoms with E-state index in [1.54, 1.807) is 0 Å². The van der Waals surface area contributed by atoms with Gasteiger partial charge in [-0.25, -0.2) is 0 Å². The Morgan fingerprint density at radius 3 is 2.31 bits per heavy atom. The predicted octanol–water partition coefficient (Wildman–Crippen LogP) is 2.93. The Morgan fingerprint density at radius 1 is 1.00 bits per heavy atom. The molecule has 1 fully saturated rings. The first-order valence-electron chi connectivity index (χ1n) is 7.04. The largest absolute Gasteiger partial charge is 0.316 e. The van der Waals surface area contributed by atoms with Crippen molar-refractivity contribution in [2.24, 2.45) is 5.92 Å². The Labute approximate surface area is 102 Å². The quantitative estimate of drug-likeness (QED) is 0.681. The molecule has 0 radical (unpaired) electrons. The zero-order valence-electron chi connectivity index (χ0n) is 11.4. The number of nitrogens with one attached hydrogen (secondary N) is 2. The van der Waals surface area contributed by atoms with Gasteiger partial charge in [-0.1, -0.05) is 19.3 Å². The summed E-state index contributed by atoms with van der Waals surface area (Å²) in [7, 11) is 0. The van der Waals surface area contributed by atoms with Crippen molar-refractivity contribution >= 4 is 0 Å². The molecule has 2 heteroatoms. The lowest BCUT2D eigenvalue weighted by Crippen LogP contribution is -2.37. The van der Waals surface area contributed by atoms with Crippen LogP contribution in [0.4, 0.5) is 0 Å². The van der Waals surface area contributed by atoms with E-state index in [9.17, 15) is 0 Å². The van der Waals surface area contributed by atoms with Crippen LogP contribution in [0.5, 0.6) is 0 Å². The molecule has 1 saturated carbocycles. The van der Waals surface area contributed by atoms with Crippen molar-refractivity contribution in [3.05, 3.63) is 0 Å². The average molecular weight is 226 g/mol. The fraction of sp³-hybridized carbons (Fsp3) is 1.00. The first kappa shape index (κ1) is 14.0. The molecule has 1 aliphatic rings. The lowest BCUT2D eigenvalue weighted by molar-refractivity contribution is 0.340. The van der Waals surface area contributed by atoms with Gasteiger partial charge in [0, 0.05) is 5.54 Å². The summed E-state index contributed by atoms with van der Waals surface area (Å²) in [4.78, 5) is 0. The Balaban J connectivity index is 1.87. The Hall–Kier alpha value is -0.0800. The van der Waals surface area contributed by atoms with Crippen molar-refractivity contribution in [3.63, 3.8) is 0 Å². The molecule has 1 rings (SSSR count).